The molecule has 0 spiro atoms. The van der Waals surface area contributed by atoms with Gasteiger partial charge in [0.15, 0.2) is 0 Å². The van der Waals surface area contributed by atoms with Crippen LogP contribution in [0.5, 0.6) is 0 Å². The Bertz CT molecular complexity index is 401. The second kappa shape index (κ2) is 4.69. The molecule has 0 fully saturated rings. The van der Waals surface area contributed by atoms with E-state index >= 15 is 0 Å². The van der Waals surface area contributed by atoms with Gasteiger partial charge < -0.3 is 5.11 Å². The smallest absolute Gasteiger partial charge is 0.338 e. The van der Waals surface area contributed by atoms with Gasteiger partial charge in [0, 0.05) is 4.91 Å². The quantitative estimate of drug-likeness (QED) is 0.342. The topological polar surface area (TPSA) is 86.1 Å². The predicted octanol–water partition coefficient (Wildman–Crippen LogP) is 2.42. The second-order valence-corrected chi connectivity index (χ2v) is 2.43. The van der Waals surface area contributed by atoms with Gasteiger partial charge in [-0.2, -0.15) is 0 Å². The summed E-state index contributed by atoms with van der Waals surface area (Å²) in [6, 6.07) is 8.78. The molecule has 0 amide bonds. The maximum absolute atomic E-state index is 10.6. The van der Waals surface area contributed by atoms with E-state index in [1.807, 2.05) is 6.07 Å². The second-order valence-electron chi connectivity index (χ2n) is 2.43. The first kappa shape index (κ1) is 9.83. The van der Waals surface area contributed by atoms with Crippen molar-refractivity contribution in [3.63, 3.8) is 0 Å². The van der Waals surface area contributed by atoms with E-state index in [0.717, 1.165) is 0 Å². The van der Waals surface area contributed by atoms with E-state index in [0.29, 0.717) is 5.56 Å². The van der Waals surface area contributed by atoms with E-state index in [9.17, 15) is 4.79 Å². The third-order valence-electron chi connectivity index (χ3n) is 1.47. The molecule has 1 N–H and O–H groups in total. The first-order chi connectivity index (χ1) is 6.74. The van der Waals surface area contributed by atoms with Crippen LogP contribution < -0.4 is 0 Å². The van der Waals surface area contributed by atoms with Crippen LogP contribution in [-0.4, -0.2) is 11.1 Å². The predicted molar refractivity (Wildman–Crippen MR) is 51.2 cm³/mol. The highest BCUT2D eigenvalue weighted by Gasteiger charge is 2.03. The molecular weight excluding hydrogens is 182 g/mol. The summed E-state index contributed by atoms with van der Waals surface area (Å²) in [5, 5.41) is 11.7. The van der Waals surface area contributed by atoms with Crippen LogP contribution >= 0.6 is 0 Å². The number of azide groups is 1. The van der Waals surface area contributed by atoms with Crippen molar-refractivity contribution in [3.05, 3.63) is 52.0 Å². The number of hydrogen-bond acceptors (Lipinski definition) is 2. The van der Waals surface area contributed by atoms with Gasteiger partial charge in [-0.1, -0.05) is 35.4 Å². The molecular formula is C9H7N3O2. The Kier molecular flexibility index (Phi) is 3.29. The number of rotatable bonds is 3. The summed E-state index contributed by atoms with van der Waals surface area (Å²) in [6.07, 6.45) is 1.31. The number of aliphatic carboxylic acids is 1. The van der Waals surface area contributed by atoms with E-state index in [4.69, 9.17) is 10.6 Å². The van der Waals surface area contributed by atoms with Crippen LogP contribution in [0.4, 0.5) is 0 Å². The number of hydrogen-bond donors (Lipinski definition) is 1. The first-order valence-corrected chi connectivity index (χ1v) is 3.79. The van der Waals surface area contributed by atoms with Gasteiger partial charge in [0.2, 0.25) is 0 Å². The van der Waals surface area contributed by atoms with Crippen LogP contribution in [0, 0.1) is 0 Å². The highest BCUT2D eigenvalue weighted by molar-refractivity contribution is 5.91. The summed E-state index contributed by atoms with van der Waals surface area (Å²) in [4.78, 5) is 13.0. The summed E-state index contributed by atoms with van der Waals surface area (Å²) in [6.45, 7) is 0. The Morgan fingerprint density at radius 1 is 1.43 bits per heavy atom. The average molecular weight is 189 g/mol. The minimum Gasteiger partial charge on any atom is -0.478 e. The fourth-order valence-corrected chi connectivity index (χ4v) is 0.889. The Balaban J connectivity index is 3.05. The molecule has 0 aliphatic heterocycles. The molecule has 5 heteroatoms. The zero-order chi connectivity index (χ0) is 10.4. The van der Waals surface area contributed by atoms with E-state index in [1.54, 1.807) is 24.3 Å². The van der Waals surface area contributed by atoms with Gasteiger partial charge in [-0.05, 0) is 17.2 Å². The third kappa shape index (κ3) is 2.66. The fourth-order valence-electron chi connectivity index (χ4n) is 0.889. The van der Waals surface area contributed by atoms with Crippen LogP contribution in [-0.2, 0) is 4.79 Å². The largest absolute Gasteiger partial charge is 0.478 e. The van der Waals surface area contributed by atoms with Crippen molar-refractivity contribution in [2.75, 3.05) is 0 Å². The molecule has 0 unspecified atom stereocenters. The van der Waals surface area contributed by atoms with E-state index in [-0.39, 0.29) is 5.70 Å². The van der Waals surface area contributed by atoms with Crippen molar-refractivity contribution < 1.29 is 9.90 Å². The first-order valence-electron chi connectivity index (χ1n) is 3.79. The van der Waals surface area contributed by atoms with Crippen molar-refractivity contribution >= 4 is 12.0 Å². The van der Waals surface area contributed by atoms with Crippen LogP contribution in [0.15, 0.2) is 41.1 Å². The Hall–Kier alpha value is -2.26. The Morgan fingerprint density at radius 2 is 2.07 bits per heavy atom. The normalized spacial score (nSPS) is 10.4. The summed E-state index contributed by atoms with van der Waals surface area (Å²) in [5.41, 5.74) is 8.48. The van der Waals surface area contributed by atoms with Crippen molar-refractivity contribution in [2.24, 2.45) is 5.11 Å². The molecule has 0 aliphatic rings. The summed E-state index contributed by atoms with van der Waals surface area (Å²) in [7, 11) is 0. The van der Waals surface area contributed by atoms with Crippen molar-refractivity contribution in [1.82, 2.24) is 0 Å². The fraction of sp³-hybridized carbons (Fsp3) is 0. The van der Waals surface area contributed by atoms with Crippen molar-refractivity contribution in [2.45, 2.75) is 0 Å². The lowest BCUT2D eigenvalue weighted by molar-refractivity contribution is -0.132. The summed E-state index contributed by atoms with van der Waals surface area (Å²) < 4.78 is 0. The maximum Gasteiger partial charge on any atom is 0.338 e. The van der Waals surface area contributed by atoms with Gasteiger partial charge in [0.25, 0.3) is 0 Å². The molecule has 1 aromatic carbocycles. The number of nitrogens with zero attached hydrogens (tertiary/aromatic N) is 3. The molecule has 0 saturated heterocycles. The number of carboxylic acid groups (broad SMARTS) is 1. The average Bonchev–Trinajstić information content (AvgIpc) is 2.18. The highest BCUT2D eigenvalue weighted by Crippen LogP contribution is 2.07. The lowest BCUT2D eigenvalue weighted by atomic mass is 10.2. The van der Waals surface area contributed by atoms with Gasteiger partial charge >= 0.3 is 5.97 Å². The Morgan fingerprint density at radius 3 is 2.57 bits per heavy atom. The molecule has 0 saturated carbocycles. The van der Waals surface area contributed by atoms with Gasteiger partial charge in [-0.15, -0.1) is 0 Å². The molecule has 70 valence electrons. The van der Waals surface area contributed by atoms with Gasteiger partial charge in [0.05, 0.1) is 0 Å². The highest BCUT2D eigenvalue weighted by atomic mass is 16.4. The van der Waals surface area contributed by atoms with Gasteiger partial charge in [-0.3, -0.25) is 0 Å². The van der Waals surface area contributed by atoms with Crippen LogP contribution in [0.1, 0.15) is 5.56 Å². The third-order valence-corrected chi connectivity index (χ3v) is 1.47. The van der Waals surface area contributed by atoms with E-state index in [2.05, 4.69) is 10.0 Å². The Labute approximate surface area is 79.9 Å². The van der Waals surface area contributed by atoms with Crippen LogP contribution in [0.3, 0.4) is 0 Å². The monoisotopic (exact) mass is 189 g/mol. The molecule has 0 atom stereocenters. The van der Waals surface area contributed by atoms with Crippen molar-refractivity contribution in [3.8, 4) is 0 Å². The van der Waals surface area contributed by atoms with Crippen molar-refractivity contribution in [1.29, 1.82) is 0 Å². The molecule has 1 rings (SSSR count). The molecule has 0 aromatic heterocycles. The zero-order valence-electron chi connectivity index (χ0n) is 7.16. The van der Waals surface area contributed by atoms with Crippen LogP contribution in [0.25, 0.3) is 16.5 Å². The van der Waals surface area contributed by atoms with E-state index in [1.165, 1.54) is 6.08 Å². The molecule has 0 bridgehead atoms. The number of benzene rings is 1. The molecule has 5 nitrogen and oxygen atoms in total. The summed E-state index contributed by atoms with van der Waals surface area (Å²) >= 11 is 0. The lowest BCUT2D eigenvalue weighted by Gasteiger charge is -1.93. The summed E-state index contributed by atoms with van der Waals surface area (Å²) in [5.74, 6) is -1.24. The van der Waals surface area contributed by atoms with Crippen LogP contribution in [0.2, 0.25) is 0 Å². The SMILES string of the molecule is [N-]=[N+]=NC(=Cc1ccccc1)C(=O)O. The lowest BCUT2D eigenvalue weighted by Crippen LogP contribution is -1.96. The molecule has 14 heavy (non-hydrogen) atoms. The zero-order valence-corrected chi connectivity index (χ0v) is 7.16. The minimum absolute atomic E-state index is 0.321. The molecule has 0 aliphatic carbocycles. The number of carbonyl (C=O) groups is 1. The standard InChI is InChI=1S/C9H7N3O2/c10-12-11-8(9(13)14)6-7-4-2-1-3-5-7/h1-6H,(H,13,14). The van der Waals surface area contributed by atoms with Gasteiger partial charge in [-0.25, -0.2) is 4.79 Å². The number of carboxylic acids is 1. The van der Waals surface area contributed by atoms with Gasteiger partial charge in [0.1, 0.15) is 5.70 Å². The maximum atomic E-state index is 10.6. The molecule has 0 heterocycles. The molecule has 1 aromatic rings. The minimum atomic E-state index is -1.24. The molecule has 0 radical (unpaired) electrons. The van der Waals surface area contributed by atoms with E-state index < -0.39 is 5.97 Å².